The number of piperidine rings is 1. The standard InChI is InChI=1S/C16H21N5O3S/c1-12-4-3-7-21(9-12)25(23,24)13-5-6-15(18-8-13)20-10-14(19-11-20)16(22)17-2/h5-6,8,10-12H,3-4,7,9H2,1-2H3,(H,17,22). The number of carbonyl (C=O) groups excluding carboxylic acids is 1. The molecule has 8 nitrogen and oxygen atoms in total. The van der Waals surface area contributed by atoms with Crippen molar-refractivity contribution in [1.82, 2.24) is 24.2 Å². The van der Waals surface area contributed by atoms with E-state index in [0.717, 1.165) is 12.8 Å². The molecule has 1 fully saturated rings. The normalized spacial score (nSPS) is 18.9. The highest BCUT2D eigenvalue weighted by Crippen LogP contribution is 2.23. The van der Waals surface area contributed by atoms with Crippen LogP contribution in [-0.4, -0.2) is 53.3 Å². The molecule has 1 aliphatic rings. The van der Waals surface area contributed by atoms with Gasteiger partial charge in [-0.2, -0.15) is 4.31 Å². The summed E-state index contributed by atoms with van der Waals surface area (Å²) in [6.45, 7) is 3.15. The van der Waals surface area contributed by atoms with E-state index in [2.05, 4.69) is 22.2 Å². The number of hydrogen-bond acceptors (Lipinski definition) is 5. The predicted octanol–water partition coefficient (Wildman–Crippen LogP) is 1.05. The lowest BCUT2D eigenvalue weighted by molar-refractivity contribution is 0.0958. The summed E-state index contributed by atoms with van der Waals surface area (Å²) in [6, 6.07) is 3.14. The van der Waals surface area contributed by atoms with Gasteiger partial charge in [-0.1, -0.05) is 6.92 Å². The Kier molecular flexibility index (Phi) is 4.87. The molecule has 134 valence electrons. The number of pyridine rings is 1. The van der Waals surface area contributed by atoms with Crippen molar-refractivity contribution >= 4 is 15.9 Å². The molecule has 0 saturated carbocycles. The molecule has 1 amide bonds. The predicted molar refractivity (Wildman–Crippen MR) is 91.9 cm³/mol. The smallest absolute Gasteiger partial charge is 0.271 e. The number of imidazole rings is 1. The van der Waals surface area contributed by atoms with Crippen LogP contribution in [0.4, 0.5) is 0 Å². The van der Waals surface area contributed by atoms with E-state index >= 15 is 0 Å². The average molecular weight is 363 g/mol. The molecular formula is C16H21N5O3S. The zero-order valence-electron chi connectivity index (χ0n) is 14.2. The average Bonchev–Trinajstić information content (AvgIpc) is 3.11. The first-order valence-electron chi connectivity index (χ1n) is 8.14. The molecule has 0 spiro atoms. The quantitative estimate of drug-likeness (QED) is 0.876. The Bertz CT molecular complexity index is 860. The summed E-state index contributed by atoms with van der Waals surface area (Å²) in [5, 5.41) is 2.49. The van der Waals surface area contributed by atoms with Crippen molar-refractivity contribution in [2.45, 2.75) is 24.7 Å². The van der Waals surface area contributed by atoms with Gasteiger partial charge >= 0.3 is 0 Å². The molecule has 1 aliphatic heterocycles. The third-order valence-electron chi connectivity index (χ3n) is 4.29. The van der Waals surface area contributed by atoms with Gasteiger partial charge in [0, 0.05) is 32.5 Å². The Balaban J connectivity index is 1.82. The first kappa shape index (κ1) is 17.6. The third kappa shape index (κ3) is 3.57. The topological polar surface area (TPSA) is 97.2 Å². The lowest BCUT2D eigenvalue weighted by Gasteiger charge is -2.29. The Morgan fingerprint density at radius 3 is 2.76 bits per heavy atom. The lowest BCUT2D eigenvalue weighted by Crippen LogP contribution is -2.39. The molecule has 2 aromatic heterocycles. The number of hydrogen-bond donors (Lipinski definition) is 1. The molecule has 9 heteroatoms. The Labute approximate surface area is 146 Å². The molecule has 0 aliphatic carbocycles. The second-order valence-corrected chi connectivity index (χ2v) is 8.15. The van der Waals surface area contributed by atoms with E-state index in [4.69, 9.17) is 0 Å². The number of aromatic nitrogens is 3. The fourth-order valence-corrected chi connectivity index (χ4v) is 4.43. The molecule has 1 saturated heterocycles. The monoisotopic (exact) mass is 363 g/mol. The molecule has 3 rings (SSSR count). The summed E-state index contributed by atoms with van der Waals surface area (Å²) < 4.78 is 28.6. The van der Waals surface area contributed by atoms with Crippen LogP contribution in [0.2, 0.25) is 0 Å². The second kappa shape index (κ2) is 6.93. The number of nitrogens with one attached hydrogen (secondary N) is 1. The Morgan fingerprint density at radius 1 is 1.32 bits per heavy atom. The van der Waals surface area contributed by atoms with Crippen LogP contribution in [0.1, 0.15) is 30.3 Å². The molecule has 1 N–H and O–H groups in total. The maximum Gasteiger partial charge on any atom is 0.271 e. The summed E-state index contributed by atoms with van der Waals surface area (Å²) in [7, 11) is -2.00. The van der Waals surface area contributed by atoms with Crippen LogP contribution in [0, 0.1) is 5.92 Å². The van der Waals surface area contributed by atoms with Crippen molar-refractivity contribution < 1.29 is 13.2 Å². The van der Waals surface area contributed by atoms with Gasteiger partial charge < -0.3 is 5.32 Å². The molecule has 1 unspecified atom stereocenters. The molecular weight excluding hydrogens is 342 g/mol. The molecule has 0 radical (unpaired) electrons. The van der Waals surface area contributed by atoms with Gasteiger partial charge in [0.05, 0.1) is 0 Å². The molecule has 2 aromatic rings. The van der Waals surface area contributed by atoms with E-state index < -0.39 is 10.0 Å². The second-order valence-electron chi connectivity index (χ2n) is 6.21. The molecule has 1 atom stereocenters. The van der Waals surface area contributed by atoms with Gasteiger partial charge in [-0.25, -0.2) is 18.4 Å². The van der Waals surface area contributed by atoms with Gasteiger partial charge in [0.2, 0.25) is 10.0 Å². The van der Waals surface area contributed by atoms with E-state index in [1.54, 1.807) is 16.8 Å². The highest BCUT2D eigenvalue weighted by atomic mass is 32.2. The lowest BCUT2D eigenvalue weighted by atomic mass is 10.0. The van der Waals surface area contributed by atoms with Gasteiger partial charge in [0.1, 0.15) is 22.7 Å². The van der Waals surface area contributed by atoms with Crippen molar-refractivity contribution in [3.8, 4) is 5.82 Å². The molecule has 0 aromatic carbocycles. The SMILES string of the molecule is CNC(=O)c1cn(-c2ccc(S(=O)(=O)N3CCCC(C)C3)cn2)cn1. The molecule has 3 heterocycles. The van der Waals surface area contributed by atoms with Gasteiger partial charge in [-0.3, -0.25) is 9.36 Å². The molecule has 0 bridgehead atoms. The van der Waals surface area contributed by atoms with Crippen LogP contribution >= 0.6 is 0 Å². The van der Waals surface area contributed by atoms with E-state index in [9.17, 15) is 13.2 Å². The van der Waals surface area contributed by atoms with Gasteiger partial charge in [-0.15, -0.1) is 0 Å². The van der Waals surface area contributed by atoms with Crippen LogP contribution in [0.5, 0.6) is 0 Å². The zero-order valence-corrected chi connectivity index (χ0v) is 15.0. The summed E-state index contributed by atoms with van der Waals surface area (Å²) in [5.41, 5.74) is 0.267. The first-order chi connectivity index (χ1) is 11.9. The maximum absolute atomic E-state index is 12.7. The highest BCUT2D eigenvalue weighted by Gasteiger charge is 2.28. The van der Waals surface area contributed by atoms with Crippen LogP contribution in [0.25, 0.3) is 5.82 Å². The Morgan fingerprint density at radius 2 is 2.12 bits per heavy atom. The summed E-state index contributed by atoms with van der Waals surface area (Å²) in [4.78, 5) is 19.9. The number of amides is 1. The van der Waals surface area contributed by atoms with E-state index in [1.807, 2.05) is 0 Å². The minimum atomic E-state index is -3.52. The van der Waals surface area contributed by atoms with Crippen molar-refractivity contribution in [2.75, 3.05) is 20.1 Å². The van der Waals surface area contributed by atoms with Gasteiger partial charge in [-0.05, 0) is 30.9 Å². The highest BCUT2D eigenvalue weighted by molar-refractivity contribution is 7.89. The van der Waals surface area contributed by atoms with E-state index in [-0.39, 0.29) is 16.5 Å². The van der Waals surface area contributed by atoms with E-state index in [1.165, 1.54) is 29.9 Å². The van der Waals surface area contributed by atoms with Crippen LogP contribution in [-0.2, 0) is 10.0 Å². The number of nitrogens with zero attached hydrogens (tertiary/aromatic N) is 4. The fourth-order valence-electron chi connectivity index (χ4n) is 2.88. The van der Waals surface area contributed by atoms with Gasteiger partial charge in [0.25, 0.3) is 5.91 Å². The van der Waals surface area contributed by atoms with Crippen molar-refractivity contribution in [3.05, 3.63) is 36.5 Å². The summed E-state index contributed by atoms with van der Waals surface area (Å²) in [5.74, 6) is 0.565. The van der Waals surface area contributed by atoms with Crippen molar-refractivity contribution in [1.29, 1.82) is 0 Å². The first-order valence-corrected chi connectivity index (χ1v) is 9.58. The Hall–Kier alpha value is -2.26. The van der Waals surface area contributed by atoms with Crippen LogP contribution in [0.3, 0.4) is 0 Å². The van der Waals surface area contributed by atoms with Crippen molar-refractivity contribution in [2.24, 2.45) is 5.92 Å². The van der Waals surface area contributed by atoms with Crippen molar-refractivity contribution in [3.63, 3.8) is 0 Å². The number of carbonyl (C=O) groups is 1. The third-order valence-corrected chi connectivity index (χ3v) is 6.13. The number of rotatable bonds is 4. The summed E-state index contributed by atoms with van der Waals surface area (Å²) >= 11 is 0. The van der Waals surface area contributed by atoms with E-state index in [0.29, 0.717) is 24.8 Å². The van der Waals surface area contributed by atoms with Crippen LogP contribution in [0.15, 0.2) is 35.7 Å². The van der Waals surface area contributed by atoms with Crippen LogP contribution < -0.4 is 5.32 Å². The minimum Gasteiger partial charge on any atom is -0.354 e. The molecule has 25 heavy (non-hydrogen) atoms. The number of sulfonamides is 1. The minimum absolute atomic E-state index is 0.178. The fraction of sp³-hybridized carbons (Fsp3) is 0.438. The zero-order chi connectivity index (χ0) is 18.0. The largest absolute Gasteiger partial charge is 0.354 e. The summed E-state index contributed by atoms with van der Waals surface area (Å²) in [6.07, 6.45) is 6.29. The maximum atomic E-state index is 12.7. The van der Waals surface area contributed by atoms with Gasteiger partial charge in [0.15, 0.2) is 0 Å².